The molecule has 0 saturated heterocycles. The first-order valence-corrected chi connectivity index (χ1v) is 7.35. The number of rotatable bonds is 5. The number of halogens is 2. The van der Waals surface area contributed by atoms with Crippen LogP contribution in [0.5, 0.6) is 0 Å². The number of hydrogen-bond acceptors (Lipinski definition) is 4. The Morgan fingerprint density at radius 2 is 2.00 bits per heavy atom. The maximum atomic E-state index is 12.3. The maximum absolute atomic E-state index is 12.3. The summed E-state index contributed by atoms with van der Waals surface area (Å²) in [5.41, 5.74) is 5.66. The SMILES string of the molecule is CCCN(OC)S(=O)(=O)c1c(N)cc(Cl)cc1Cl. The lowest BCUT2D eigenvalue weighted by Crippen LogP contribution is -2.31. The number of hydrogen-bond donors (Lipinski definition) is 1. The molecular weight excluding hydrogens is 299 g/mol. The molecule has 2 N–H and O–H groups in total. The summed E-state index contributed by atoms with van der Waals surface area (Å²) in [5.74, 6) is 0. The molecule has 1 aromatic rings. The molecule has 0 unspecified atom stereocenters. The number of benzene rings is 1. The highest BCUT2D eigenvalue weighted by Gasteiger charge is 2.29. The van der Waals surface area contributed by atoms with Crippen molar-refractivity contribution >= 4 is 38.9 Å². The molecule has 8 heteroatoms. The van der Waals surface area contributed by atoms with E-state index in [2.05, 4.69) is 0 Å². The van der Waals surface area contributed by atoms with Crippen molar-refractivity contribution in [1.29, 1.82) is 0 Å². The smallest absolute Gasteiger partial charge is 0.268 e. The molecule has 0 aliphatic rings. The highest BCUT2D eigenvalue weighted by molar-refractivity contribution is 7.89. The van der Waals surface area contributed by atoms with E-state index >= 15 is 0 Å². The zero-order valence-electron chi connectivity index (χ0n) is 9.98. The molecule has 1 aromatic carbocycles. The van der Waals surface area contributed by atoms with E-state index in [9.17, 15) is 8.42 Å². The van der Waals surface area contributed by atoms with Crippen LogP contribution >= 0.6 is 23.2 Å². The zero-order valence-corrected chi connectivity index (χ0v) is 12.3. The van der Waals surface area contributed by atoms with Crippen molar-refractivity contribution in [2.75, 3.05) is 19.4 Å². The van der Waals surface area contributed by atoms with Gasteiger partial charge in [-0.05, 0) is 18.6 Å². The van der Waals surface area contributed by atoms with Gasteiger partial charge in [-0.15, -0.1) is 0 Å². The molecule has 0 saturated carbocycles. The van der Waals surface area contributed by atoms with Crippen molar-refractivity contribution in [2.45, 2.75) is 18.2 Å². The van der Waals surface area contributed by atoms with Crippen LogP contribution in [0.1, 0.15) is 13.3 Å². The van der Waals surface area contributed by atoms with Gasteiger partial charge < -0.3 is 5.73 Å². The molecule has 1 rings (SSSR count). The van der Waals surface area contributed by atoms with Gasteiger partial charge in [-0.25, -0.2) is 8.42 Å². The maximum Gasteiger partial charge on any atom is 0.268 e. The first-order chi connectivity index (χ1) is 8.34. The van der Waals surface area contributed by atoms with Gasteiger partial charge >= 0.3 is 0 Å². The fourth-order valence-corrected chi connectivity index (χ4v) is 3.73. The topological polar surface area (TPSA) is 72.6 Å². The summed E-state index contributed by atoms with van der Waals surface area (Å²) < 4.78 is 25.4. The summed E-state index contributed by atoms with van der Waals surface area (Å²) >= 11 is 11.6. The molecule has 102 valence electrons. The third-order valence-electron chi connectivity index (χ3n) is 2.17. The highest BCUT2D eigenvalue weighted by Crippen LogP contribution is 2.33. The minimum Gasteiger partial charge on any atom is -0.398 e. The number of nitrogens with zero attached hydrogens (tertiary/aromatic N) is 1. The van der Waals surface area contributed by atoms with Crippen LogP contribution in [0.4, 0.5) is 5.69 Å². The monoisotopic (exact) mass is 312 g/mol. The second-order valence-corrected chi connectivity index (χ2v) is 6.13. The number of anilines is 1. The Kier molecular flexibility index (Phi) is 5.24. The Morgan fingerprint density at radius 3 is 2.44 bits per heavy atom. The highest BCUT2D eigenvalue weighted by atomic mass is 35.5. The molecule has 0 aliphatic carbocycles. The van der Waals surface area contributed by atoms with E-state index in [4.69, 9.17) is 33.8 Å². The van der Waals surface area contributed by atoms with Crippen LogP contribution in [0.15, 0.2) is 17.0 Å². The van der Waals surface area contributed by atoms with Crippen LogP contribution < -0.4 is 5.73 Å². The number of nitrogens with two attached hydrogens (primary N) is 1. The van der Waals surface area contributed by atoms with E-state index in [1.807, 2.05) is 6.92 Å². The van der Waals surface area contributed by atoms with E-state index in [1.165, 1.54) is 19.2 Å². The minimum atomic E-state index is -3.90. The molecule has 5 nitrogen and oxygen atoms in total. The van der Waals surface area contributed by atoms with Gasteiger partial charge in [0.2, 0.25) is 0 Å². The van der Waals surface area contributed by atoms with Gasteiger partial charge in [-0.1, -0.05) is 34.6 Å². The molecule has 18 heavy (non-hydrogen) atoms. The van der Waals surface area contributed by atoms with Gasteiger partial charge in [0.15, 0.2) is 0 Å². The van der Waals surface area contributed by atoms with Crippen molar-refractivity contribution < 1.29 is 13.3 Å². The summed E-state index contributed by atoms with van der Waals surface area (Å²) in [6.45, 7) is 2.03. The minimum absolute atomic E-state index is 0.00865. The van der Waals surface area contributed by atoms with Crippen LogP contribution in [0.25, 0.3) is 0 Å². The predicted octanol–water partition coefficient (Wildman–Crippen LogP) is 2.54. The number of sulfonamides is 1. The summed E-state index contributed by atoms with van der Waals surface area (Å²) in [5, 5.41) is 0.245. The van der Waals surface area contributed by atoms with Crippen LogP contribution in [0.3, 0.4) is 0 Å². The molecule has 0 spiro atoms. The van der Waals surface area contributed by atoms with E-state index in [1.54, 1.807) is 0 Å². The summed E-state index contributed by atoms with van der Waals surface area (Å²) in [4.78, 5) is 4.66. The van der Waals surface area contributed by atoms with Gasteiger partial charge in [0, 0.05) is 11.6 Å². The quantitative estimate of drug-likeness (QED) is 0.670. The molecule has 0 atom stereocenters. The standard InChI is InChI=1S/C10H14Cl2N2O3S/c1-3-4-14(17-2)18(15,16)10-8(12)5-7(11)6-9(10)13/h5-6H,3-4,13H2,1-2H3. The van der Waals surface area contributed by atoms with Gasteiger partial charge in [0.25, 0.3) is 10.0 Å². The number of nitrogen functional groups attached to an aromatic ring is 1. The van der Waals surface area contributed by atoms with Crippen LogP contribution in [0, 0.1) is 0 Å². The average Bonchev–Trinajstić information content (AvgIpc) is 2.23. The van der Waals surface area contributed by atoms with Crippen molar-refractivity contribution in [3.63, 3.8) is 0 Å². The first kappa shape index (κ1) is 15.5. The Morgan fingerprint density at radius 1 is 1.39 bits per heavy atom. The molecule has 0 radical (unpaired) electrons. The van der Waals surface area contributed by atoms with Crippen molar-refractivity contribution in [2.24, 2.45) is 0 Å². The van der Waals surface area contributed by atoms with Crippen LogP contribution in [0.2, 0.25) is 10.0 Å². The van der Waals surface area contributed by atoms with Crippen molar-refractivity contribution in [3.8, 4) is 0 Å². The summed E-state index contributed by atoms with van der Waals surface area (Å²) in [6.07, 6.45) is 0.595. The fraction of sp³-hybridized carbons (Fsp3) is 0.400. The Bertz CT molecular complexity index is 511. The molecule has 0 aliphatic heterocycles. The largest absolute Gasteiger partial charge is 0.398 e. The molecule has 0 aromatic heterocycles. The number of hydroxylamine groups is 1. The van der Waals surface area contributed by atoms with Crippen LogP contribution in [-0.4, -0.2) is 26.5 Å². The molecule has 0 heterocycles. The normalized spacial score (nSPS) is 12.1. The third-order valence-corrected chi connectivity index (χ3v) is 4.64. The van der Waals surface area contributed by atoms with Gasteiger partial charge in [0.05, 0.1) is 17.8 Å². The van der Waals surface area contributed by atoms with E-state index in [-0.39, 0.29) is 27.2 Å². The van der Waals surface area contributed by atoms with Gasteiger partial charge in [0.1, 0.15) is 4.90 Å². The molecular formula is C10H14Cl2N2O3S. The zero-order chi connectivity index (χ0) is 13.9. The van der Waals surface area contributed by atoms with E-state index in [0.29, 0.717) is 6.42 Å². The van der Waals surface area contributed by atoms with E-state index < -0.39 is 10.0 Å². The second-order valence-electron chi connectivity index (χ2n) is 3.52. The fourth-order valence-electron chi connectivity index (χ4n) is 1.45. The summed E-state index contributed by atoms with van der Waals surface area (Å²) in [7, 11) is -2.62. The Hall–Kier alpha value is -0.530. The first-order valence-electron chi connectivity index (χ1n) is 5.16. The average molecular weight is 313 g/mol. The van der Waals surface area contributed by atoms with Gasteiger partial charge in [-0.2, -0.15) is 0 Å². The Balaban J connectivity index is 3.36. The lowest BCUT2D eigenvalue weighted by atomic mass is 10.3. The lowest BCUT2D eigenvalue weighted by Gasteiger charge is -2.20. The third kappa shape index (κ3) is 3.07. The second kappa shape index (κ2) is 6.08. The van der Waals surface area contributed by atoms with Crippen molar-refractivity contribution in [3.05, 3.63) is 22.2 Å². The molecule has 0 amide bonds. The van der Waals surface area contributed by atoms with Crippen LogP contribution in [-0.2, 0) is 14.9 Å². The van der Waals surface area contributed by atoms with E-state index in [0.717, 1.165) is 4.47 Å². The predicted molar refractivity (Wildman–Crippen MR) is 72.1 cm³/mol. The molecule has 0 bridgehead atoms. The molecule has 0 fully saturated rings. The van der Waals surface area contributed by atoms with Crippen molar-refractivity contribution in [1.82, 2.24) is 4.47 Å². The lowest BCUT2D eigenvalue weighted by molar-refractivity contribution is -0.0482. The summed E-state index contributed by atoms with van der Waals surface area (Å²) in [6, 6.07) is 2.66. The Labute approximate surface area is 116 Å². The van der Waals surface area contributed by atoms with Gasteiger partial charge in [-0.3, -0.25) is 4.84 Å².